The van der Waals surface area contributed by atoms with Gasteiger partial charge in [-0.1, -0.05) is 17.3 Å². The van der Waals surface area contributed by atoms with Gasteiger partial charge in [-0.3, -0.25) is 4.79 Å². The Bertz CT molecular complexity index is 1100. The van der Waals surface area contributed by atoms with Crippen LogP contribution >= 0.6 is 11.3 Å². The van der Waals surface area contributed by atoms with Gasteiger partial charge in [0, 0.05) is 16.5 Å². The average Bonchev–Trinajstić information content (AvgIpc) is 3.39. The number of rotatable bonds is 5. The maximum Gasteiger partial charge on any atom is 0.341 e. The van der Waals surface area contributed by atoms with Crippen molar-refractivity contribution in [1.82, 2.24) is 5.16 Å². The van der Waals surface area contributed by atoms with Crippen LogP contribution in [0.15, 0.2) is 28.8 Å². The molecular weight excluding hydrogens is 395 g/mol. The van der Waals surface area contributed by atoms with E-state index in [1.807, 2.05) is 0 Å². The third kappa shape index (κ3) is 3.67. The highest BCUT2D eigenvalue weighted by Crippen LogP contribution is 2.39. The van der Waals surface area contributed by atoms with Crippen LogP contribution in [0.4, 0.5) is 9.39 Å². The van der Waals surface area contributed by atoms with Gasteiger partial charge in [0.05, 0.1) is 12.2 Å². The van der Waals surface area contributed by atoms with Crippen LogP contribution in [0.2, 0.25) is 0 Å². The minimum Gasteiger partial charge on any atom is -0.462 e. The molecule has 8 heteroatoms. The molecule has 1 aliphatic rings. The number of amides is 1. The Balaban J connectivity index is 1.58. The highest BCUT2D eigenvalue weighted by Gasteiger charge is 2.29. The van der Waals surface area contributed by atoms with Gasteiger partial charge in [0.1, 0.15) is 10.8 Å². The normalized spacial score (nSPS) is 12.7. The van der Waals surface area contributed by atoms with Crippen molar-refractivity contribution in [3.63, 3.8) is 0 Å². The van der Waals surface area contributed by atoms with E-state index in [1.165, 1.54) is 23.5 Å². The SMILES string of the molecule is CCOC(=O)c1c(NC(=O)c2cc(-c3ccc(C)c(F)c3)on2)sc2c1CCC2. The van der Waals surface area contributed by atoms with E-state index >= 15 is 0 Å². The van der Waals surface area contributed by atoms with E-state index in [4.69, 9.17) is 9.26 Å². The molecule has 0 fully saturated rings. The van der Waals surface area contributed by atoms with Gasteiger partial charge in [-0.2, -0.15) is 0 Å². The van der Waals surface area contributed by atoms with E-state index in [9.17, 15) is 14.0 Å². The Morgan fingerprint density at radius 3 is 2.90 bits per heavy atom. The predicted molar refractivity (Wildman–Crippen MR) is 107 cm³/mol. The largest absolute Gasteiger partial charge is 0.462 e. The molecule has 0 atom stereocenters. The lowest BCUT2D eigenvalue weighted by atomic mass is 10.1. The van der Waals surface area contributed by atoms with Gasteiger partial charge in [0.25, 0.3) is 5.91 Å². The molecule has 150 valence electrons. The molecule has 3 aromatic rings. The first-order chi connectivity index (χ1) is 14.0. The molecule has 0 bridgehead atoms. The Hall–Kier alpha value is -3.00. The van der Waals surface area contributed by atoms with Crippen LogP contribution in [-0.2, 0) is 17.6 Å². The lowest BCUT2D eigenvalue weighted by Gasteiger charge is -2.06. The third-order valence-corrected chi connectivity index (χ3v) is 6.03. The van der Waals surface area contributed by atoms with E-state index < -0.39 is 11.9 Å². The molecule has 29 heavy (non-hydrogen) atoms. The zero-order valence-corrected chi connectivity index (χ0v) is 16.8. The van der Waals surface area contributed by atoms with Gasteiger partial charge in [0.15, 0.2) is 11.5 Å². The number of anilines is 1. The first-order valence-corrected chi connectivity index (χ1v) is 10.2. The number of aryl methyl sites for hydroxylation is 2. The van der Waals surface area contributed by atoms with Crippen molar-refractivity contribution in [1.29, 1.82) is 0 Å². The van der Waals surface area contributed by atoms with Crippen LogP contribution < -0.4 is 5.32 Å². The fourth-order valence-corrected chi connectivity index (χ4v) is 4.62. The van der Waals surface area contributed by atoms with E-state index in [0.717, 1.165) is 29.7 Å². The fraction of sp³-hybridized carbons (Fsp3) is 0.286. The van der Waals surface area contributed by atoms with Gasteiger partial charge in [0.2, 0.25) is 0 Å². The van der Waals surface area contributed by atoms with Gasteiger partial charge in [-0.05, 0) is 50.3 Å². The molecule has 1 aromatic carbocycles. The maximum absolute atomic E-state index is 13.8. The highest BCUT2D eigenvalue weighted by molar-refractivity contribution is 7.17. The average molecular weight is 414 g/mol. The van der Waals surface area contributed by atoms with E-state index in [2.05, 4.69) is 10.5 Å². The van der Waals surface area contributed by atoms with E-state index in [0.29, 0.717) is 21.7 Å². The molecule has 1 N–H and O–H groups in total. The summed E-state index contributed by atoms with van der Waals surface area (Å²) in [5.74, 6) is -1.01. The lowest BCUT2D eigenvalue weighted by molar-refractivity contribution is 0.0527. The number of aromatic nitrogens is 1. The van der Waals surface area contributed by atoms with Gasteiger partial charge >= 0.3 is 5.97 Å². The summed E-state index contributed by atoms with van der Waals surface area (Å²) in [5, 5.41) is 7.02. The first-order valence-electron chi connectivity index (χ1n) is 9.34. The summed E-state index contributed by atoms with van der Waals surface area (Å²) in [5.41, 5.74) is 2.44. The standard InChI is InChI=1S/C21H19FN2O4S/c1-3-27-21(26)18-13-5-4-6-17(13)29-20(18)23-19(25)15-10-16(28-24-15)12-8-7-11(2)14(22)9-12/h7-10H,3-6H2,1-2H3,(H,23,25). The quantitative estimate of drug-likeness (QED) is 0.608. The Morgan fingerprint density at radius 1 is 1.31 bits per heavy atom. The number of fused-ring (bicyclic) bond motifs is 1. The van der Waals surface area contributed by atoms with Crippen molar-refractivity contribution in [3.05, 3.63) is 57.3 Å². The lowest BCUT2D eigenvalue weighted by Crippen LogP contribution is -2.15. The third-order valence-electron chi connectivity index (χ3n) is 4.83. The van der Waals surface area contributed by atoms with Crippen molar-refractivity contribution in [2.24, 2.45) is 0 Å². The second-order valence-electron chi connectivity index (χ2n) is 6.78. The maximum atomic E-state index is 13.8. The second kappa shape index (κ2) is 7.79. The van der Waals surface area contributed by atoms with Crippen LogP contribution in [0.25, 0.3) is 11.3 Å². The summed E-state index contributed by atoms with van der Waals surface area (Å²) in [7, 11) is 0. The molecule has 0 unspecified atom stereocenters. The molecule has 0 aliphatic heterocycles. The minimum absolute atomic E-state index is 0.0457. The van der Waals surface area contributed by atoms with E-state index in [1.54, 1.807) is 26.0 Å². The van der Waals surface area contributed by atoms with Crippen LogP contribution in [0, 0.1) is 12.7 Å². The molecule has 1 aliphatic carbocycles. The summed E-state index contributed by atoms with van der Waals surface area (Å²) < 4.78 is 24.2. The monoisotopic (exact) mass is 414 g/mol. The van der Waals surface area contributed by atoms with Crippen molar-refractivity contribution in [2.45, 2.75) is 33.1 Å². The van der Waals surface area contributed by atoms with Crippen LogP contribution in [0.1, 0.15) is 50.2 Å². The van der Waals surface area contributed by atoms with Gasteiger partial charge in [-0.15, -0.1) is 11.3 Å². The zero-order valence-electron chi connectivity index (χ0n) is 16.0. The smallest absolute Gasteiger partial charge is 0.341 e. The Kier molecular flexibility index (Phi) is 5.19. The fourth-order valence-electron chi connectivity index (χ4n) is 3.34. The van der Waals surface area contributed by atoms with Crippen molar-refractivity contribution >= 4 is 28.2 Å². The van der Waals surface area contributed by atoms with Crippen molar-refractivity contribution in [3.8, 4) is 11.3 Å². The van der Waals surface area contributed by atoms with Crippen LogP contribution in [0.3, 0.4) is 0 Å². The molecule has 6 nitrogen and oxygen atoms in total. The molecule has 0 saturated heterocycles. The summed E-state index contributed by atoms with van der Waals surface area (Å²) in [6.07, 6.45) is 2.67. The Labute approximate surface area is 170 Å². The van der Waals surface area contributed by atoms with Crippen molar-refractivity contribution in [2.75, 3.05) is 11.9 Å². The second-order valence-corrected chi connectivity index (χ2v) is 7.88. The van der Waals surface area contributed by atoms with Crippen LogP contribution in [0.5, 0.6) is 0 Å². The number of hydrogen-bond donors (Lipinski definition) is 1. The number of hydrogen-bond acceptors (Lipinski definition) is 6. The van der Waals surface area contributed by atoms with Gasteiger partial charge in [-0.25, -0.2) is 9.18 Å². The topological polar surface area (TPSA) is 81.4 Å². The number of carbonyl (C=O) groups excluding carboxylic acids is 2. The molecule has 0 saturated carbocycles. The number of ether oxygens (including phenoxy) is 1. The number of halogens is 1. The molecule has 2 heterocycles. The molecule has 2 aromatic heterocycles. The van der Waals surface area contributed by atoms with Crippen molar-refractivity contribution < 1.29 is 23.2 Å². The molecule has 1 amide bonds. The van der Waals surface area contributed by atoms with Crippen LogP contribution in [-0.4, -0.2) is 23.6 Å². The zero-order chi connectivity index (χ0) is 20.5. The molecular formula is C21H19FN2O4S. The molecule has 0 radical (unpaired) electrons. The predicted octanol–water partition coefficient (Wildman–Crippen LogP) is 4.77. The number of carbonyl (C=O) groups is 2. The summed E-state index contributed by atoms with van der Waals surface area (Å²) in [6.45, 7) is 3.67. The summed E-state index contributed by atoms with van der Waals surface area (Å²) >= 11 is 1.39. The first kappa shape index (κ1) is 19.3. The Morgan fingerprint density at radius 2 is 2.14 bits per heavy atom. The van der Waals surface area contributed by atoms with Gasteiger partial charge < -0.3 is 14.6 Å². The molecule has 0 spiro atoms. The number of nitrogens with one attached hydrogen (secondary N) is 1. The number of esters is 1. The number of nitrogens with zero attached hydrogens (tertiary/aromatic N) is 1. The summed E-state index contributed by atoms with van der Waals surface area (Å²) in [6, 6.07) is 6.11. The highest BCUT2D eigenvalue weighted by atomic mass is 32.1. The number of benzene rings is 1. The number of thiophene rings is 1. The van der Waals surface area contributed by atoms with E-state index in [-0.39, 0.29) is 23.9 Å². The summed E-state index contributed by atoms with van der Waals surface area (Å²) in [4.78, 5) is 26.2. The molecule has 4 rings (SSSR count). The minimum atomic E-state index is -0.502.